The van der Waals surface area contributed by atoms with Crippen molar-refractivity contribution in [3.05, 3.63) is 65.5 Å². The number of pyridine rings is 1. The van der Waals surface area contributed by atoms with E-state index < -0.39 is 0 Å². The van der Waals surface area contributed by atoms with Gasteiger partial charge in [0.1, 0.15) is 0 Å². The van der Waals surface area contributed by atoms with Crippen LogP contribution in [0.15, 0.2) is 48.8 Å². The zero-order chi connectivity index (χ0) is 22.6. The second-order valence-corrected chi connectivity index (χ2v) is 9.96. The first-order valence-corrected chi connectivity index (χ1v) is 12.0. The van der Waals surface area contributed by atoms with Gasteiger partial charge in [0.15, 0.2) is 0 Å². The number of benzene rings is 1. The van der Waals surface area contributed by atoms with Gasteiger partial charge in [0, 0.05) is 43.5 Å². The molecule has 170 valence electrons. The van der Waals surface area contributed by atoms with E-state index in [1.165, 1.54) is 11.1 Å². The van der Waals surface area contributed by atoms with E-state index in [0.717, 1.165) is 57.2 Å². The first kappa shape index (κ1) is 22.5. The van der Waals surface area contributed by atoms with Crippen molar-refractivity contribution in [2.24, 2.45) is 17.3 Å². The van der Waals surface area contributed by atoms with Crippen LogP contribution in [0, 0.1) is 17.3 Å². The lowest BCUT2D eigenvalue weighted by atomic mass is 9.90. The molecule has 1 saturated carbocycles. The van der Waals surface area contributed by atoms with Gasteiger partial charge in [-0.3, -0.25) is 14.6 Å². The number of nitrogens with zero attached hydrogens (tertiary/aromatic N) is 2. The molecule has 2 aliphatic rings. The predicted molar refractivity (Wildman–Crippen MR) is 126 cm³/mol. The summed E-state index contributed by atoms with van der Waals surface area (Å²) in [5.74, 6) is 1.05. The minimum Gasteiger partial charge on any atom is -0.356 e. The summed E-state index contributed by atoms with van der Waals surface area (Å²) in [5, 5.41) is 3.13. The second kappa shape index (κ2) is 9.85. The molecule has 0 unspecified atom stereocenters. The minimum absolute atomic E-state index is 0.118. The monoisotopic (exact) mass is 433 g/mol. The number of likely N-dealkylation sites (tertiary alicyclic amines) is 1. The van der Waals surface area contributed by atoms with Gasteiger partial charge in [-0.05, 0) is 85.3 Å². The van der Waals surface area contributed by atoms with Crippen LogP contribution in [0.3, 0.4) is 0 Å². The highest BCUT2D eigenvalue weighted by molar-refractivity contribution is 5.94. The van der Waals surface area contributed by atoms with Crippen molar-refractivity contribution in [3.8, 4) is 0 Å². The lowest BCUT2D eigenvalue weighted by molar-refractivity contribution is -0.123. The van der Waals surface area contributed by atoms with Crippen molar-refractivity contribution in [2.75, 3.05) is 19.6 Å². The van der Waals surface area contributed by atoms with Crippen LogP contribution in [0.5, 0.6) is 0 Å². The maximum Gasteiger partial charge on any atom is 0.253 e. The van der Waals surface area contributed by atoms with Crippen LogP contribution in [0.4, 0.5) is 0 Å². The number of aromatic nitrogens is 1. The van der Waals surface area contributed by atoms with Crippen molar-refractivity contribution >= 4 is 11.8 Å². The van der Waals surface area contributed by atoms with E-state index in [0.29, 0.717) is 12.5 Å². The average Bonchev–Trinajstić information content (AvgIpc) is 3.50. The Morgan fingerprint density at radius 1 is 1.06 bits per heavy atom. The fourth-order valence-corrected chi connectivity index (χ4v) is 5.04. The Morgan fingerprint density at radius 3 is 2.41 bits per heavy atom. The van der Waals surface area contributed by atoms with Crippen LogP contribution in [0.2, 0.25) is 0 Å². The van der Waals surface area contributed by atoms with E-state index in [2.05, 4.69) is 36.3 Å². The topological polar surface area (TPSA) is 62.3 Å². The van der Waals surface area contributed by atoms with Crippen molar-refractivity contribution in [2.45, 2.75) is 52.4 Å². The Bertz CT molecular complexity index is 916. The van der Waals surface area contributed by atoms with E-state index >= 15 is 0 Å². The second-order valence-electron chi connectivity index (χ2n) is 9.96. The number of carbonyl (C=O) groups excluding carboxylic acids is 2. The normalized spacial score (nSPS) is 19.2. The van der Waals surface area contributed by atoms with Gasteiger partial charge in [-0.15, -0.1) is 0 Å². The first-order chi connectivity index (χ1) is 15.5. The van der Waals surface area contributed by atoms with Gasteiger partial charge < -0.3 is 10.2 Å². The standard InChI is InChI=1S/C27H35N3O2/c1-20(2)18-22-5-7-23(8-6-22)26(32)30-16-11-27(12-17-30)19-24(27)25(31)29-13-3-4-21-9-14-28-15-10-21/h5-10,14-15,20,24H,3-4,11-13,16-19H2,1-2H3,(H,29,31)/t24-/m0/s1. The summed E-state index contributed by atoms with van der Waals surface area (Å²) in [4.78, 5) is 31.5. The highest BCUT2D eigenvalue weighted by atomic mass is 16.2. The highest BCUT2D eigenvalue weighted by Gasteiger charge is 2.58. The number of amides is 2. The Morgan fingerprint density at radius 2 is 1.75 bits per heavy atom. The molecule has 1 spiro atoms. The molecule has 2 amide bonds. The first-order valence-electron chi connectivity index (χ1n) is 12.0. The molecule has 2 fully saturated rings. The molecule has 5 heteroatoms. The summed E-state index contributed by atoms with van der Waals surface area (Å²) in [6, 6.07) is 12.1. The highest BCUT2D eigenvalue weighted by Crippen LogP contribution is 2.59. The van der Waals surface area contributed by atoms with Crippen LogP contribution < -0.4 is 5.32 Å². The van der Waals surface area contributed by atoms with E-state index in [-0.39, 0.29) is 23.1 Å². The van der Waals surface area contributed by atoms with Gasteiger partial charge in [0.05, 0.1) is 0 Å². The predicted octanol–water partition coefficient (Wildman–Crippen LogP) is 4.27. The quantitative estimate of drug-likeness (QED) is 0.633. The number of piperidine rings is 1. The minimum atomic E-state index is 0.118. The van der Waals surface area contributed by atoms with Crippen LogP contribution in [-0.4, -0.2) is 41.3 Å². The largest absolute Gasteiger partial charge is 0.356 e. The lowest BCUT2D eigenvalue weighted by Gasteiger charge is -2.33. The van der Waals surface area contributed by atoms with Crippen molar-refractivity contribution in [1.82, 2.24) is 15.2 Å². The van der Waals surface area contributed by atoms with Crippen LogP contribution in [0.25, 0.3) is 0 Å². The average molecular weight is 434 g/mol. The number of hydrogen-bond donors (Lipinski definition) is 1. The summed E-state index contributed by atoms with van der Waals surface area (Å²) < 4.78 is 0. The zero-order valence-electron chi connectivity index (χ0n) is 19.3. The Labute approximate surface area is 191 Å². The summed E-state index contributed by atoms with van der Waals surface area (Å²) in [7, 11) is 0. The van der Waals surface area contributed by atoms with Crippen molar-refractivity contribution < 1.29 is 9.59 Å². The number of rotatable bonds is 8. The van der Waals surface area contributed by atoms with Crippen molar-refractivity contribution in [3.63, 3.8) is 0 Å². The van der Waals surface area contributed by atoms with Gasteiger partial charge >= 0.3 is 0 Å². The maximum atomic E-state index is 12.9. The molecule has 1 atom stereocenters. The molecule has 4 rings (SSSR count). The van der Waals surface area contributed by atoms with Gasteiger partial charge in [0.25, 0.3) is 5.91 Å². The molecule has 1 aromatic heterocycles. The fraction of sp³-hybridized carbons (Fsp3) is 0.519. The third-order valence-electron chi connectivity index (χ3n) is 7.09. The van der Waals surface area contributed by atoms with Crippen LogP contribution in [-0.2, 0) is 17.6 Å². The third-order valence-corrected chi connectivity index (χ3v) is 7.09. The van der Waals surface area contributed by atoms with Gasteiger partial charge in [0.2, 0.25) is 5.91 Å². The van der Waals surface area contributed by atoms with Crippen LogP contribution in [0.1, 0.15) is 61.0 Å². The number of aryl methyl sites for hydroxylation is 1. The smallest absolute Gasteiger partial charge is 0.253 e. The third kappa shape index (κ3) is 5.37. The molecule has 5 nitrogen and oxygen atoms in total. The maximum absolute atomic E-state index is 12.9. The van der Waals surface area contributed by atoms with E-state index in [1.54, 1.807) is 12.4 Å². The van der Waals surface area contributed by atoms with E-state index in [4.69, 9.17) is 0 Å². The fourth-order valence-electron chi connectivity index (χ4n) is 5.04. The number of nitrogens with one attached hydrogen (secondary N) is 1. The summed E-state index contributed by atoms with van der Waals surface area (Å²) in [6.07, 6.45) is 9.37. The zero-order valence-corrected chi connectivity index (χ0v) is 19.3. The van der Waals surface area contributed by atoms with Gasteiger partial charge in [-0.1, -0.05) is 26.0 Å². The Hall–Kier alpha value is -2.69. The number of hydrogen-bond acceptors (Lipinski definition) is 3. The Kier molecular flexibility index (Phi) is 6.92. The van der Waals surface area contributed by atoms with Crippen molar-refractivity contribution in [1.29, 1.82) is 0 Å². The summed E-state index contributed by atoms with van der Waals surface area (Å²) in [6.45, 7) is 6.62. The molecule has 0 radical (unpaired) electrons. The molecular weight excluding hydrogens is 398 g/mol. The summed E-state index contributed by atoms with van der Waals surface area (Å²) in [5.41, 5.74) is 3.42. The lowest BCUT2D eigenvalue weighted by Crippen LogP contribution is -2.40. The molecule has 1 aliphatic heterocycles. The molecule has 2 heterocycles. The molecule has 1 N–H and O–H groups in total. The van der Waals surface area contributed by atoms with E-state index in [9.17, 15) is 9.59 Å². The van der Waals surface area contributed by atoms with Gasteiger partial charge in [-0.25, -0.2) is 0 Å². The Balaban J connectivity index is 1.20. The molecule has 1 aromatic carbocycles. The molecular formula is C27H35N3O2. The molecule has 1 saturated heterocycles. The molecule has 1 aliphatic carbocycles. The van der Waals surface area contributed by atoms with Gasteiger partial charge in [-0.2, -0.15) is 0 Å². The van der Waals surface area contributed by atoms with E-state index in [1.807, 2.05) is 29.2 Å². The SMILES string of the molecule is CC(C)Cc1ccc(C(=O)N2CCC3(CC2)C[C@H]3C(=O)NCCCc2ccncc2)cc1. The molecule has 32 heavy (non-hydrogen) atoms. The molecule has 2 aromatic rings. The summed E-state index contributed by atoms with van der Waals surface area (Å²) >= 11 is 0. The number of carbonyl (C=O) groups is 2. The van der Waals surface area contributed by atoms with Crippen LogP contribution >= 0.6 is 0 Å². The molecule has 0 bridgehead atoms.